The average Bonchev–Trinajstić information content (AvgIpc) is 2.69. The Morgan fingerprint density at radius 1 is 1.27 bits per heavy atom. The van der Waals surface area contributed by atoms with Gasteiger partial charge in [-0.05, 0) is 31.8 Å². The highest BCUT2D eigenvalue weighted by molar-refractivity contribution is 4.73. The molecule has 0 saturated heterocycles. The minimum absolute atomic E-state index is 0.0976. The fraction of sp³-hybridized carbons (Fsp3) is 1.00. The van der Waals surface area contributed by atoms with Crippen molar-refractivity contribution in [2.24, 2.45) is 5.92 Å². The molecular weight excluding hydrogens is 186 g/mol. The number of hydrogen-bond donors (Lipinski definition) is 1. The van der Waals surface area contributed by atoms with Crippen molar-refractivity contribution < 1.29 is 5.11 Å². The minimum Gasteiger partial charge on any atom is -0.392 e. The Morgan fingerprint density at radius 3 is 2.47 bits per heavy atom. The normalized spacial score (nSPS) is 20.0. The molecule has 0 aromatic rings. The Balaban J connectivity index is 2.17. The van der Waals surface area contributed by atoms with Crippen molar-refractivity contribution >= 4 is 0 Å². The van der Waals surface area contributed by atoms with Crippen LogP contribution in [0.1, 0.15) is 52.4 Å². The Kier molecular flexibility index (Phi) is 6.26. The Hall–Kier alpha value is -0.0800. The molecule has 1 fully saturated rings. The van der Waals surface area contributed by atoms with Crippen LogP contribution < -0.4 is 0 Å². The van der Waals surface area contributed by atoms with E-state index in [1.807, 2.05) is 0 Å². The third kappa shape index (κ3) is 4.98. The molecule has 0 amide bonds. The standard InChI is InChI=1S/C13H27NO/c1-3-9-14(4-2)11-13(15)10-12-7-5-6-8-12/h12-13,15H,3-11H2,1-2H3. The lowest BCUT2D eigenvalue weighted by Crippen LogP contribution is -2.33. The number of aliphatic hydroxyl groups is 1. The van der Waals surface area contributed by atoms with Gasteiger partial charge in [-0.1, -0.05) is 39.5 Å². The van der Waals surface area contributed by atoms with E-state index in [1.165, 1.54) is 32.1 Å². The Morgan fingerprint density at radius 2 is 1.93 bits per heavy atom. The van der Waals surface area contributed by atoms with Gasteiger partial charge in [0.25, 0.3) is 0 Å². The van der Waals surface area contributed by atoms with Gasteiger partial charge in [0.15, 0.2) is 0 Å². The van der Waals surface area contributed by atoms with Gasteiger partial charge < -0.3 is 10.0 Å². The lowest BCUT2D eigenvalue weighted by molar-refractivity contribution is 0.0934. The van der Waals surface area contributed by atoms with E-state index in [1.54, 1.807) is 0 Å². The van der Waals surface area contributed by atoms with Crippen LogP contribution in [0.25, 0.3) is 0 Å². The van der Waals surface area contributed by atoms with Crippen LogP contribution in [0.4, 0.5) is 0 Å². The molecule has 0 aliphatic heterocycles. The highest BCUT2D eigenvalue weighted by atomic mass is 16.3. The smallest absolute Gasteiger partial charge is 0.0669 e. The molecular formula is C13H27NO. The van der Waals surface area contributed by atoms with Gasteiger partial charge in [-0.3, -0.25) is 0 Å². The highest BCUT2D eigenvalue weighted by Gasteiger charge is 2.19. The van der Waals surface area contributed by atoms with Crippen molar-refractivity contribution in [1.82, 2.24) is 4.90 Å². The number of aliphatic hydroxyl groups excluding tert-OH is 1. The molecule has 1 N–H and O–H groups in total. The van der Waals surface area contributed by atoms with Gasteiger partial charge in [-0.25, -0.2) is 0 Å². The summed E-state index contributed by atoms with van der Waals surface area (Å²) in [6.07, 6.45) is 7.56. The fourth-order valence-electron chi connectivity index (χ4n) is 2.70. The molecule has 15 heavy (non-hydrogen) atoms. The molecule has 2 heteroatoms. The zero-order valence-corrected chi connectivity index (χ0v) is 10.4. The largest absolute Gasteiger partial charge is 0.392 e. The highest BCUT2D eigenvalue weighted by Crippen LogP contribution is 2.28. The zero-order valence-electron chi connectivity index (χ0n) is 10.4. The first kappa shape index (κ1) is 13.0. The summed E-state index contributed by atoms with van der Waals surface area (Å²) in [4.78, 5) is 2.36. The number of nitrogens with zero attached hydrogens (tertiary/aromatic N) is 1. The van der Waals surface area contributed by atoms with Gasteiger partial charge in [0.1, 0.15) is 0 Å². The maximum Gasteiger partial charge on any atom is 0.0669 e. The molecule has 0 spiro atoms. The van der Waals surface area contributed by atoms with Crippen LogP contribution in [0.15, 0.2) is 0 Å². The SMILES string of the molecule is CCCN(CC)CC(O)CC1CCCC1. The topological polar surface area (TPSA) is 23.5 Å². The number of rotatable bonds is 7. The fourth-order valence-corrected chi connectivity index (χ4v) is 2.70. The quantitative estimate of drug-likeness (QED) is 0.703. The molecule has 1 atom stereocenters. The number of hydrogen-bond acceptors (Lipinski definition) is 2. The predicted octanol–water partition coefficient (Wildman–Crippen LogP) is 2.66. The lowest BCUT2D eigenvalue weighted by atomic mass is 10.00. The summed E-state index contributed by atoms with van der Waals surface area (Å²) in [6.45, 7) is 7.44. The van der Waals surface area contributed by atoms with E-state index in [2.05, 4.69) is 18.7 Å². The first-order valence-corrected chi connectivity index (χ1v) is 6.66. The molecule has 90 valence electrons. The Bertz CT molecular complexity index is 155. The maximum absolute atomic E-state index is 10.00. The zero-order chi connectivity index (χ0) is 11.1. The molecule has 0 aromatic heterocycles. The van der Waals surface area contributed by atoms with Gasteiger partial charge in [-0.2, -0.15) is 0 Å². The molecule has 2 nitrogen and oxygen atoms in total. The molecule has 1 unspecified atom stereocenters. The molecule has 0 radical (unpaired) electrons. The van der Waals surface area contributed by atoms with E-state index in [9.17, 15) is 5.11 Å². The van der Waals surface area contributed by atoms with Crippen molar-refractivity contribution in [3.05, 3.63) is 0 Å². The molecule has 0 heterocycles. The van der Waals surface area contributed by atoms with Crippen molar-refractivity contribution in [3.63, 3.8) is 0 Å². The summed E-state index contributed by atoms with van der Waals surface area (Å²) in [7, 11) is 0. The Labute approximate surface area is 94.7 Å². The second-order valence-electron chi connectivity index (χ2n) is 4.93. The summed E-state index contributed by atoms with van der Waals surface area (Å²) in [6, 6.07) is 0. The molecule has 0 aromatic carbocycles. The maximum atomic E-state index is 10.00. The van der Waals surface area contributed by atoms with Crippen molar-refractivity contribution in [2.45, 2.75) is 58.5 Å². The summed E-state index contributed by atoms with van der Waals surface area (Å²) < 4.78 is 0. The van der Waals surface area contributed by atoms with Gasteiger partial charge >= 0.3 is 0 Å². The van der Waals surface area contributed by atoms with Gasteiger partial charge in [-0.15, -0.1) is 0 Å². The van der Waals surface area contributed by atoms with Crippen LogP contribution in [0.3, 0.4) is 0 Å². The van der Waals surface area contributed by atoms with E-state index >= 15 is 0 Å². The molecule has 1 rings (SSSR count). The van der Waals surface area contributed by atoms with Crippen LogP contribution in [0.5, 0.6) is 0 Å². The summed E-state index contributed by atoms with van der Waals surface area (Å²) >= 11 is 0. The lowest BCUT2D eigenvalue weighted by Gasteiger charge is -2.24. The monoisotopic (exact) mass is 213 g/mol. The average molecular weight is 213 g/mol. The third-order valence-corrected chi connectivity index (χ3v) is 3.54. The van der Waals surface area contributed by atoms with E-state index in [-0.39, 0.29) is 6.10 Å². The first-order chi connectivity index (χ1) is 7.26. The van der Waals surface area contributed by atoms with Crippen molar-refractivity contribution in [3.8, 4) is 0 Å². The predicted molar refractivity (Wildman–Crippen MR) is 65.0 cm³/mol. The van der Waals surface area contributed by atoms with Gasteiger partial charge in [0, 0.05) is 6.54 Å². The van der Waals surface area contributed by atoms with E-state index in [0.717, 1.165) is 32.0 Å². The minimum atomic E-state index is -0.0976. The second kappa shape index (κ2) is 7.24. The van der Waals surface area contributed by atoms with E-state index in [4.69, 9.17) is 0 Å². The third-order valence-electron chi connectivity index (χ3n) is 3.54. The van der Waals surface area contributed by atoms with Crippen LogP contribution >= 0.6 is 0 Å². The van der Waals surface area contributed by atoms with Crippen molar-refractivity contribution in [2.75, 3.05) is 19.6 Å². The van der Waals surface area contributed by atoms with Crippen LogP contribution in [-0.2, 0) is 0 Å². The van der Waals surface area contributed by atoms with Crippen LogP contribution in [0, 0.1) is 5.92 Å². The van der Waals surface area contributed by atoms with Gasteiger partial charge in [0.05, 0.1) is 6.10 Å². The van der Waals surface area contributed by atoms with Crippen LogP contribution in [0.2, 0.25) is 0 Å². The van der Waals surface area contributed by atoms with E-state index < -0.39 is 0 Å². The molecule has 1 aliphatic carbocycles. The second-order valence-corrected chi connectivity index (χ2v) is 4.93. The molecule has 1 saturated carbocycles. The number of likely N-dealkylation sites (N-methyl/N-ethyl adjacent to an activating group) is 1. The first-order valence-electron chi connectivity index (χ1n) is 6.66. The van der Waals surface area contributed by atoms with Crippen LogP contribution in [-0.4, -0.2) is 35.7 Å². The van der Waals surface area contributed by atoms with Gasteiger partial charge in [0.2, 0.25) is 0 Å². The molecule has 1 aliphatic rings. The summed E-state index contributed by atoms with van der Waals surface area (Å²) in [5, 5.41) is 10.00. The molecule has 0 bridgehead atoms. The summed E-state index contributed by atoms with van der Waals surface area (Å²) in [5.41, 5.74) is 0. The van der Waals surface area contributed by atoms with E-state index in [0.29, 0.717) is 0 Å². The summed E-state index contributed by atoms with van der Waals surface area (Å²) in [5.74, 6) is 0.806. The van der Waals surface area contributed by atoms with Crippen molar-refractivity contribution in [1.29, 1.82) is 0 Å².